The number of nitrogens with zero attached hydrogens (tertiary/aromatic N) is 1. The highest BCUT2D eigenvalue weighted by Gasteiger charge is 2.48. The Bertz CT molecular complexity index is 347. The van der Waals surface area contributed by atoms with E-state index in [4.69, 9.17) is 5.11 Å². The van der Waals surface area contributed by atoms with E-state index < -0.39 is 18.1 Å². The lowest BCUT2D eigenvalue weighted by molar-refractivity contribution is -0.152. The van der Waals surface area contributed by atoms with Crippen molar-refractivity contribution in [2.24, 2.45) is 5.41 Å². The molecule has 0 aromatic rings. The van der Waals surface area contributed by atoms with Crippen molar-refractivity contribution in [1.29, 1.82) is 0 Å². The van der Waals surface area contributed by atoms with E-state index in [0.29, 0.717) is 13.0 Å². The molecule has 1 heterocycles. The molecular weight excluding hydrogens is 234 g/mol. The molecule has 1 amide bonds. The second-order valence-electron chi connectivity index (χ2n) is 5.78. The Morgan fingerprint density at radius 1 is 1.33 bits per heavy atom. The lowest BCUT2D eigenvalue weighted by Gasteiger charge is -2.34. The Balaban J connectivity index is 2.15. The maximum Gasteiger partial charge on any atom is 0.329 e. The number of aliphatic carboxylic acids is 1. The second kappa shape index (κ2) is 4.88. The van der Waals surface area contributed by atoms with Crippen LogP contribution in [-0.2, 0) is 9.59 Å². The SMILES string of the molecule is C[C@@H](O)[C@@H](C(=O)O)N1CC2(CCCCC2)CC1=O. The van der Waals surface area contributed by atoms with Crippen LogP contribution in [0.15, 0.2) is 0 Å². The number of hydrogen-bond donors (Lipinski definition) is 2. The maximum atomic E-state index is 12.0. The number of carboxylic acids is 1. The number of amides is 1. The molecule has 1 aliphatic heterocycles. The highest BCUT2D eigenvalue weighted by atomic mass is 16.4. The van der Waals surface area contributed by atoms with Gasteiger partial charge in [0.25, 0.3) is 0 Å². The van der Waals surface area contributed by atoms with Crippen LogP contribution in [0.4, 0.5) is 0 Å². The summed E-state index contributed by atoms with van der Waals surface area (Å²) in [7, 11) is 0. The monoisotopic (exact) mass is 255 g/mol. The van der Waals surface area contributed by atoms with Gasteiger partial charge < -0.3 is 15.1 Å². The maximum absolute atomic E-state index is 12.0. The van der Waals surface area contributed by atoms with E-state index in [0.717, 1.165) is 25.7 Å². The van der Waals surface area contributed by atoms with Gasteiger partial charge in [0.2, 0.25) is 5.91 Å². The molecule has 0 radical (unpaired) electrons. The Morgan fingerprint density at radius 3 is 2.44 bits per heavy atom. The standard InChI is InChI=1S/C13H21NO4/c1-9(15)11(12(17)18)14-8-13(7-10(14)16)5-3-2-4-6-13/h9,11,15H,2-8H2,1H3,(H,17,18)/t9-,11+/m1/s1. The number of hydrogen-bond acceptors (Lipinski definition) is 3. The van der Waals surface area contributed by atoms with Gasteiger partial charge in [0.1, 0.15) is 0 Å². The Hall–Kier alpha value is -1.10. The molecule has 2 atom stereocenters. The van der Waals surface area contributed by atoms with Gasteiger partial charge >= 0.3 is 5.97 Å². The van der Waals surface area contributed by atoms with Gasteiger partial charge in [-0.2, -0.15) is 0 Å². The van der Waals surface area contributed by atoms with Gasteiger partial charge in [0.15, 0.2) is 6.04 Å². The minimum atomic E-state index is -1.12. The van der Waals surface area contributed by atoms with Crippen LogP contribution in [0.25, 0.3) is 0 Å². The van der Waals surface area contributed by atoms with E-state index in [1.165, 1.54) is 18.2 Å². The van der Waals surface area contributed by atoms with Crippen molar-refractivity contribution in [3.63, 3.8) is 0 Å². The topological polar surface area (TPSA) is 77.8 Å². The predicted molar refractivity (Wildman–Crippen MR) is 65.0 cm³/mol. The van der Waals surface area contributed by atoms with Gasteiger partial charge in [-0.05, 0) is 25.2 Å². The second-order valence-corrected chi connectivity index (χ2v) is 5.78. The highest BCUT2D eigenvalue weighted by molar-refractivity contribution is 5.86. The summed E-state index contributed by atoms with van der Waals surface area (Å²) >= 11 is 0. The zero-order valence-corrected chi connectivity index (χ0v) is 10.8. The van der Waals surface area contributed by atoms with Crippen LogP contribution in [0.3, 0.4) is 0 Å². The summed E-state index contributed by atoms with van der Waals surface area (Å²) in [6.07, 6.45) is 4.85. The third-order valence-electron chi connectivity index (χ3n) is 4.31. The normalized spacial score (nSPS) is 26.3. The summed E-state index contributed by atoms with van der Waals surface area (Å²) in [5.74, 6) is -1.24. The summed E-state index contributed by atoms with van der Waals surface area (Å²) in [4.78, 5) is 24.6. The first-order chi connectivity index (χ1) is 8.45. The molecule has 2 aliphatic rings. The molecule has 5 heteroatoms. The number of likely N-dealkylation sites (tertiary alicyclic amines) is 1. The molecule has 2 rings (SSSR count). The van der Waals surface area contributed by atoms with Crippen LogP contribution >= 0.6 is 0 Å². The number of carbonyl (C=O) groups is 2. The van der Waals surface area contributed by atoms with E-state index in [-0.39, 0.29) is 11.3 Å². The average Bonchev–Trinajstić information content (AvgIpc) is 2.55. The fourth-order valence-electron chi connectivity index (χ4n) is 3.42. The summed E-state index contributed by atoms with van der Waals surface area (Å²) in [5, 5.41) is 18.7. The van der Waals surface area contributed by atoms with Gasteiger partial charge in [0.05, 0.1) is 6.10 Å². The van der Waals surface area contributed by atoms with Crippen LogP contribution in [0.5, 0.6) is 0 Å². The van der Waals surface area contributed by atoms with Crippen LogP contribution in [0.2, 0.25) is 0 Å². The number of aliphatic hydroxyl groups is 1. The number of carboxylic acid groups (broad SMARTS) is 1. The first-order valence-electron chi connectivity index (χ1n) is 6.66. The molecule has 0 bridgehead atoms. The lowest BCUT2D eigenvalue weighted by Crippen LogP contribution is -2.49. The zero-order chi connectivity index (χ0) is 13.3. The summed E-state index contributed by atoms with van der Waals surface area (Å²) in [5.41, 5.74) is -0.0298. The summed E-state index contributed by atoms with van der Waals surface area (Å²) in [6.45, 7) is 1.92. The van der Waals surface area contributed by atoms with Gasteiger partial charge in [-0.1, -0.05) is 19.3 Å². The molecule has 0 aromatic carbocycles. The Labute approximate surface area is 107 Å². The zero-order valence-electron chi connectivity index (χ0n) is 10.8. The van der Waals surface area contributed by atoms with Crippen molar-refractivity contribution in [2.75, 3.05) is 6.54 Å². The van der Waals surface area contributed by atoms with Crippen LogP contribution in [-0.4, -0.2) is 45.7 Å². The van der Waals surface area contributed by atoms with Crippen molar-refractivity contribution in [3.05, 3.63) is 0 Å². The van der Waals surface area contributed by atoms with Gasteiger partial charge in [-0.15, -0.1) is 0 Å². The van der Waals surface area contributed by atoms with Crippen molar-refractivity contribution < 1.29 is 19.8 Å². The third kappa shape index (κ3) is 2.36. The fraction of sp³-hybridized carbons (Fsp3) is 0.846. The quantitative estimate of drug-likeness (QED) is 0.788. The molecule has 5 nitrogen and oxygen atoms in total. The molecule has 1 saturated heterocycles. The van der Waals surface area contributed by atoms with E-state index in [2.05, 4.69) is 0 Å². The molecule has 102 valence electrons. The van der Waals surface area contributed by atoms with Gasteiger partial charge in [-0.25, -0.2) is 4.79 Å². The molecule has 0 unspecified atom stereocenters. The minimum absolute atomic E-state index is 0.0298. The number of rotatable bonds is 3. The van der Waals surface area contributed by atoms with Crippen LogP contribution in [0, 0.1) is 5.41 Å². The van der Waals surface area contributed by atoms with Crippen molar-refractivity contribution in [1.82, 2.24) is 4.90 Å². The lowest BCUT2D eigenvalue weighted by atomic mass is 9.73. The fourth-order valence-corrected chi connectivity index (χ4v) is 3.42. The van der Waals surface area contributed by atoms with Gasteiger partial charge in [-0.3, -0.25) is 4.79 Å². The molecule has 1 saturated carbocycles. The summed E-state index contributed by atoms with van der Waals surface area (Å²) < 4.78 is 0. The van der Waals surface area contributed by atoms with Crippen molar-refractivity contribution in [2.45, 2.75) is 57.6 Å². The van der Waals surface area contributed by atoms with Crippen molar-refractivity contribution in [3.8, 4) is 0 Å². The van der Waals surface area contributed by atoms with Crippen LogP contribution < -0.4 is 0 Å². The highest BCUT2D eigenvalue weighted by Crippen LogP contribution is 2.44. The van der Waals surface area contributed by atoms with Crippen LogP contribution in [0.1, 0.15) is 45.4 Å². The number of aliphatic hydroxyl groups excluding tert-OH is 1. The predicted octanol–water partition coefficient (Wildman–Crippen LogP) is 1.00. The molecular formula is C13H21NO4. The third-order valence-corrected chi connectivity index (χ3v) is 4.31. The molecule has 1 aliphatic carbocycles. The average molecular weight is 255 g/mol. The molecule has 1 spiro atoms. The molecule has 2 fully saturated rings. The largest absolute Gasteiger partial charge is 0.480 e. The van der Waals surface area contributed by atoms with E-state index in [1.807, 2.05) is 0 Å². The Kier molecular flexibility index (Phi) is 3.61. The number of carbonyl (C=O) groups excluding carboxylic acids is 1. The molecule has 2 N–H and O–H groups in total. The Morgan fingerprint density at radius 2 is 1.94 bits per heavy atom. The van der Waals surface area contributed by atoms with Gasteiger partial charge in [0, 0.05) is 13.0 Å². The summed E-state index contributed by atoms with van der Waals surface area (Å²) in [6, 6.07) is -1.10. The first-order valence-corrected chi connectivity index (χ1v) is 6.66. The van der Waals surface area contributed by atoms with E-state index in [1.54, 1.807) is 0 Å². The first kappa shape index (κ1) is 13.3. The minimum Gasteiger partial charge on any atom is -0.480 e. The van der Waals surface area contributed by atoms with E-state index in [9.17, 15) is 14.7 Å². The molecule has 0 aromatic heterocycles. The van der Waals surface area contributed by atoms with Crippen molar-refractivity contribution >= 4 is 11.9 Å². The smallest absolute Gasteiger partial charge is 0.329 e. The molecule has 18 heavy (non-hydrogen) atoms. The van der Waals surface area contributed by atoms with E-state index >= 15 is 0 Å².